The molecule has 0 amide bonds. The number of ketones is 1. The molecule has 4 atom stereocenters. The predicted molar refractivity (Wildman–Crippen MR) is 73.8 cm³/mol. The van der Waals surface area contributed by atoms with Gasteiger partial charge in [-0.05, 0) is 19.3 Å². The van der Waals surface area contributed by atoms with E-state index in [2.05, 4.69) is 4.74 Å². The molecule has 1 aliphatic carbocycles. The Labute approximate surface area is 118 Å². The third-order valence-electron chi connectivity index (χ3n) is 3.62. The van der Waals surface area contributed by atoms with Crippen molar-refractivity contribution in [1.29, 1.82) is 0 Å². The third kappa shape index (κ3) is 4.90. The van der Waals surface area contributed by atoms with Gasteiger partial charge in [-0.25, -0.2) is 4.79 Å². The lowest BCUT2D eigenvalue weighted by Crippen LogP contribution is -2.21. The molecule has 1 saturated carbocycles. The number of allylic oxidation sites excluding steroid dienone is 2. The maximum absolute atomic E-state index is 11.0. The molecule has 0 bridgehead atoms. The van der Waals surface area contributed by atoms with Gasteiger partial charge in [-0.1, -0.05) is 18.2 Å². The van der Waals surface area contributed by atoms with Crippen molar-refractivity contribution in [3.05, 3.63) is 24.3 Å². The SMILES string of the molecule is COC(=O)C=CC=CC1C(O)CC(O)C1CCC(C)=O. The molecule has 5 heteroatoms. The van der Waals surface area contributed by atoms with E-state index in [0.29, 0.717) is 19.3 Å². The van der Waals surface area contributed by atoms with Crippen LogP contribution >= 0.6 is 0 Å². The molecule has 20 heavy (non-hydrogen) atoms. The molecule has 5 nitrogen and oxygen atoms in total. The summed E-state index contributed by atoms with van der Waals surface area (Å²) < 4.78 is 4.46. The Morgan fingerprint density at radius 1 is 1.25 bits per heavy atom. The minimum Gasteiger partial charge on any atom is -0.466 e. The fourth-order valence-electron chi connectivity index (χ4n) is 2.54. The largest absolute Gasteiger partial charge is 0.466 e. The number of Topliss-reactive ketones (excluding diaryl/α,β-unsaturated/α-hetero) is 1. The van der Waals surface area contributed by atoms with Gasteiger partial charge in [-0.2, -0.15) is 0 Å². The number of hydrogen-bond acceptors (Lipinski definition) is 5. The summed E-state index contributed by atoms with van der Waals surface area (Å²) in [7, 11) is 1.30. The average Bonchev–Trinajstić information content (AvgIpc) is 2.66. The number of aliphatic hydroxyl groups is 2. The summed E-state index contributed by atoms with van der Waals surface area (Å²) in [6.07, 6.45) is 6.30. The topological polar surface area (TPSA) is 83.8 Å². The van der Waals surface area contributed by atoms with Crippen LogP contribution in [-0.4, -0.2) is 41.3 Å². The summed E-state index contributed by atoms with van der Waals surface area (Å²) in [6.45, 7) is 1.52. The second-order valence-corrected chi connectivity index (χ2v) is 5.12. The first-order valence-corrected chi connectivity index (χ1v) is 6.74. The quantitative estimate of drug-likeness (QED) is 0.431. The van der Waals surface area contributed by atoms with Gasteiger partial charge in [0, 0.05) is 24.8 Å². The van der Waals surface area contributed by atoms with Crippen molar-refractivity contribution in [3.63, 3.8) is 0 Å². The Balaban J connectivity index is 2.63. The van der Waals surface area contributed by atoms with Gasteiger partial charge >= 0.3 is 5.97 Å². The fraction of sp³-hybridized carbons (Fsp3) is 0.600. The first-order valence-electron chi connectivity index (χ1n) is 6.74. The highest BCUT2D eigenvalue weighted by molar-refractivity contribution is 5.82. The van der Waals surface area contributed by atoms with Crippen molar-refractivity contribution >= 4 is 11.8 Å². The number of carbonyl (C=O) groups is 2. The molecule has 0 aromatic carbocycles. The molecular formula is C15H22O5. The lowest BCUT2D eigenvalue weighted by atomic mass is 9.88. The van der Waals surface area contributed by atoms with Crippen molar-refractivity contribution in [2.75, 3.05) is 7.11 Å². The first kappa shape index (κ1) is 16.6. The average molecular weight is 282 g/mol. The zero-order valence-corrected chi connectivity index (χ0v) is 11.9. The maximum atomic E-state index is 11.0. The van der Waals surface area contributed by atoms with Crippen LogP contribution < -0.4 is 0 Å². The Morgan fingerprint density at radius 3 is 2.55 bits per heavy atom. The van der Waals surface area contributed by atoms with Crippen LogP contribution in [0.3, 0.4) is 0 Å². The van der Waals surface area contributed by atoms with E-state index >= 15 is 0 Å². The number of carbonyl (C=O) groups excluding carboxylic acids is 2. The molecule has 0 radical (unpaired) electrons. The minimum absolute atomic E-state index is 0.0758. The van der Waals surface area contributed by atoms with Crippen LogP contribution in [0.5, 0.6) is 0 Å². The van der Waals surface area contributed by atoms with Gasteiger partial charge in [0.2, 0.25) is 0 Å². The molecule has 4 unspecified atom stereocenters. The third-order valence-corrected chi connectivity index (χ3v) is 3.62. The number of esters is 1. The van der Waals surface area contributed by atoms with E-state index in [1.165, 1.54) is 26.2 Å². The van der Waals surface area contributed by atoms with Gasteiger partial charge < -0.3 is 19.7 Å². The van der Waals surface area contributed by atoms with Crippen molar-refractivity contribution in [2.45, 2.75) is 38.4 Å². The lowest BCUT2D eigenvalue weighted by molar-refractivity contribution is -0.134. The van der Waals surface area contributed by atoms with Gasteiger partial charge in [0.05, 0.1) is 19.3 Å². The summed E-state index contributed by atoms with van der Waals surface area (Å²) in [5.74, 6) is -0.704. The summed E-state index contributed by atoms with van der Waals surface area (Å²) in [5.41, 5.74) is 0. The number of ether oxygens (including phenoxy) is 1. The van der Waals surface area contributed by atoms with E-state index in [-0.39, 0.29) is 17.6 Å². The lowest BCUT2D eigenvalue weighted by Gasteiger charge is -2.19. The molecule has 0 aliphatic heterocycles. The fourth-order valence-corrected chi connectivity index (χ4v) is 2.54. The molecule has 0 heterocycles. The van der Waals surface area contributed by atoms with E-state index in [1.54, 1.807) is 12.2 Å². The normalized spacial score (nSPS) is 30.2. The minimum atomic E-state index is -0.621. The first-order chi connectivity index (χ1) is 9.45. The van der Waals surface area contributed by atoms with Crippen LogP contribution in [0.25, 0.3) is 0 Å². The second kappa shape index (κ2) is 7.97. The standard InChI is InChI=1S/C15H22O5/c1-10(16)7-8-12-11(13(17)9-14(12)18)5-3-4-6-15(19)20-2/h3-6,11-14,17-18H,7-9H2,1-2H3. The van der Waals surface area contributed by atoms with Crippen molar-refractivity contribution < 1.29 is 24.5 Å². The maximum Gasteiger partial charge on any atom is 0.330 e. The van der Waals surface area contributed by atoms with E-state index in [1.807, 2.05) is 0 Å². The smallest absolute Gasteiger partial charge is 0.330 e. The van der Waals surface area contributed by atoms with Gasteiger partial charge in [-0.3, -0.25) is 0 Å². The molecule has 0 aromatic heterocycles. The molecule has 0 spiro atoms. The molecule has 0 saturated heterocycles. The van der Waals surface area contributed by atoms with Gasteiger partial charge in [0.25, 0.3) is 0 Å². The van der Waals surface area contributed by atoms with E-state index < -0.39 is 18.2 Å². The van der Waals surface area contributed by atoms with Crippen LogP contribution in [0.2, 0.25) is 0 Å². The number of methoxy groups -OCH3 is 1. The van der Waals surface area contributed by atoms with Crippen LogP contribution in [0.15, 0.2) is 24.3 Å². The summed E-state index contributed by atoms with van der Waals surface area (Å²) in [6, 6.07) is 0. The Kier molecular flexibility index (Phi) is 6.61. The summed E-state index contributed by atoms with van der Waals surface area (Å²) in [4.78, 5) is 21.9. The van der Waals surface area contributed by atoms with Crippen LogP contribution in [-0.2, 0) is 14.3 Å². The number of hydrogen-bond donors (Lipinski definition) is 2. The Bertz CT molecular complexity index is 399. The molecule has 0 aromatic rings. The zero-order chi connectivity index (χ0) is 15.1. The monoisotopic (exact) mass is 282 g/mol. The van der Waals surface area contributed by atoms with E-state index in [4.69, 9.17) is 0 Å². The van der Waals surface area contributed by atoms with Crippen molar-refractivity contribution in [3.8, 4) is 0 Å². The van der Waals surface area contributed by atoms with Gasteiger partial charge in [0.15, 0.2) is 0 Å². The Morgan fingerprint density at radius 2 is 1.95 bits per heavy atom. The number of aliphatic hydroxyl groups excluding tert-OH is 2. The second-order valence-electron chi connectivity index (χ2n) is 5.12. The molecule has 2 N–H and O–H groups in total. The molecular weight excluding hydrogens is 260 g/mol. The van der Waals surface area contributed by atoms with Crippen molar-refractivity contribution in [1.82, 2.24) is 0 Å². The highest BCUT2D eigenvalue weighted by Crippen LogP contribution is 2.36. The number of rotatable bonds is 6. The predicted octanol–water partition coefficient (Wildman–Crippen LogP) is 0.999. The molecule has 1 fully saturated rings. The van der Waals surface area contributed by atoms with Crippen LogP contribution in [0.1, 0.15) is 26.2 Å². The Hall–Kier alpha value is -1.46. The molecule has 1 aliphatic rings. The van der Waals surface area contributed by atoms with E-state index in [9.17, 15) is 19.8 Å². The van der Waals surface area contributed by atoms with Crippen molar-refractivity contribution in [2.24, 2.45) is 11.8 Å². The van der Waals surface area contributed by atoms with Gasteiger partial charge in [0.1, 0.15) is 5.78 Å². The molecule has 112 valence electrons. The van der Waals surface area contributed by atoms with E-state index in [0.717, 1.165) is 0 Å². The molecule has 1 rings (SSSR count). The summed E-state index contributed by atoms with van der Waals surface area (Å²) in [5, 5.41) is 19.9. The van der Waals surface area contributed by atoms with Crippen LogP contribution in [0.4, 0.5) is 0 Å². The zero-order valence-electron chi connectivity index (χ0n) is 11.9. The highest BCUT2D eigenvalue weighted by Gasteiger charge is 2.39. The highest BCUT2D eigenvalue weighted by atomic mass is 16.5. The summed E-state index contributed by atoms with van der Waals surface area (Å²) >= 11 is 0. The van der Waals surface area contributed by atoms with Gasteiger partial charge in [-0.15, -0.1) is 0 Å². The van der Waals surface area contributed by atoms with Crippen LogP contribution in [0, 0.1) is 11.8 Å².